The van der Waals surface area contributed by atoms with Gasteiger partial charge in [0.15, 0.2) is 0 Å². The van der Waals surface area contributed by atoms with Crippen LogP contribution in [0.1, 0.15) is 44.9 Å². The van der Waals surface area contributed by atoms with Crippen molar-refractivity contribution in [2.75, 3.05) is 0 Å². The SMILES string of the molecule is CC(C)(C)OC(=O)NC(c1cc[nH]n1)(c1cc(Br)ccc1F)C1CC1. The smallest absolute Gasteiger partial charge is 0.408 e. The van der Waals surface area contributed by atoms with E-state index in [9.17, 15) is 9.18 Å². The Kier molecular flexibility index (Phi) is 4.62. The van der Waals surface area contributed by atoms with Crippen molar-refractivity contribution in [3.63, 3.8) is 0 Å². The first-order valence-corrected chi connectivity index (χ1v) is 8.98. The highest BCUT2D eigenvalue weighted by molar-refractivity contribution is 9.10. The average Bonchev–Trinajstić information content (AvgIpc) is 3.20. The zero-order valence-electron chi connectivity index (χ0n) is 14.4. The van der Waals surface area contributed by atoms with Gasteiger partial charge in [0.25, 0.3) is 0 Å². The molecule has 1 aliphatic carbocycles. The summed E-state index contributed by atoms with van der Waals surface area (Å²) in [5.41, 5.74) is -0.781. The first kappa shape index (κ1) is 17.9. The molecule has 0 radical (unpaired) electrons. The monoisotopic (exact) mass is 409 g/mol. The number of benzene rings is 1. The van der Waals surface area contributed by atoms with Gasteiger partial charge < -0.3 is 10.1 Å². The number of nitrogens with one attached hydrogen (secondary N) is 2. The minimum atomic E-state index is -1.07. The standard InChI is InChI=1S/C18H21BrFN3O2/c1-17(2,3)25-16(24)22-18(11-4-5-11,15-8-9-21-23-15)13-10-12(19)6-7-14(13)20/h6-11H,4-5H2,1-3H3,(H,21,23)(H,22,24). The van der Waals surface area contributed by atoms with Gasteiger partial charge in [0, 0.05) is 16.2 Å². The van der Waals surface area contributed by atoms with Crippen molar-refractivity contribution < 1.29 is 13.9 Å². The number of hydrogen-bond donors (Lipinski definition) is 2. The van der Waals surface area contributed by atoms with Gasteiger partial charge in [-0.05, 0) is 63.8 Å². The number of hydrogen-bond acceptors (Lipinski definition) is 3. The Bertz CT molecular complexity index is 769. The van der Waals surface area contributed by atoms with Gasteiger partial charge in [0.1, 0.15) is 17.0 Å². The Hall–Kier alpha value is -1.89. The van der Waals surface area contributed by atoms with Gasteiger partial charge in [-0.15, -0.1) is 0 Å². The highest BCUT2D eigenvalue weighted by Crippen LogP contribution is 2.50. The van der Waals surface area contributed by atoms with Crippen LogP contribution in [0.4, 0.5) is 9.18 Å². The molecule has 1 aromatic carbocycles. The summed E-state index contributed by atoms with van der Waals surface area (Å²) in [6.07, 6.45) is 2.81. The molecule has 2 N–H and O–H groups in total. The molecule has 1 unspecified atom stereocenters. The fourth-order valence-electron chi connectivity index (χ4n) is 3.06. The maximum Gasteiger partial charge on any atom is 0.408 e. The number of nitrogens with zero attached hydrogens (tertiary/aromatic N) is 1. The lowest BCUT2D eigenvalue weighted by molar-refractivity contribution is 0.0455. The number of rotatable bonds is 4. The molecule has 0 saturated heterocycles. The van der Waals surface area contributed by atoms with Crippen molar-refractivity contribution in [1.29, 1.82) is 0 Å². The van der Waals surface area contributed by atoms with Crippen LogP contribution < -0.4 is 5.32 Å². The number of halogens is 2. The van der Waals surface area contributed by atoms with Gasteiger partial charge in [-0.2, -0.15) is 5.10 Å². The van der Waals surface area contributed by atoms with Crippen molar-refractivity contribution in [3.8, 4) is 0 Å². The van der Waals surface area contributed by atoms with Gasteiger partial charge in [-0.25, -0.2) is 9.18 Å². The van der Waals surface area contributed by atoms with Gasteiger partial charge in [-0.3, -0.25) is 5.10 Å². The summed E-state index contributed by atoms with van der Waals surface area (Å²) in [6, 6.07) is 6.48. The maximum absolute atomic E-state index is 14.8. The Morgan fingerprint density at radius 1 is 1.36 bits per heavy atom. The lowest BCUT2D eigenvalue weighted by Gasteiger charge is -2.35. The Morgan fingerprint density at radius 2 is 2.08 bits per heavy atom. The lowest BCUT2D eigenvalue weighted by atomic mass is 9.81. The normalized spacial score (nSPS) is 17.0. The minimum absolute atomic E-state index is 0.0483. The average molecular weight is 410 g/mol. The van der Waals surface area contributed by atoms with Crippen molar-refractivity contribution in [2.24, 2.45) is 5.92 Å². The van der Waals surface area contributed by atoms with Crippen molar-refractivity contribution in [2.45, 2.75) is 44.8 Å². The summed E-state index contributed by atoms with van der Waals surface area (Å²) in [5, 5.41) is 9.97. The Morgan fingerprint density at radius 3 is 2.64 bits per heavy atom. The number of H-pyrrole nitrogens is 1. The number of carbonyl (C=O) groups excluding carboxylic acids is 1. The molecule has 0 bridgehead atoms. The largest absolute Gasteiger partial charge is 0.444 e. The molecule has 3 rings (SSSR count). The molecule has 1 heterocycles. The molecule has 134 valence electrons. The third kappa shape index (κ3) is 3.71. The molecule has 25 heavy (non-hydrogen) atoms. The summed E-state index contributed by atoms with van der Waals surface area (Å²) in [4.78, 5) is 12.6. The molecule has 5 nitrogen and oxygen atoms in total. The van der Waals surface area contributed by atoms with Crippen LogP contribution in [0.5, 0.6) is 0 Å². The number of carbonyl (C=O) groups is 1. The second kappa shape index (κ2) is 6.44. The van der Waals surface area contributed by atoms with Gasteiger partial charge in [-0.1, -0.05) is 15.9 Å². The molecule has 1 saturated carbocycles. The predicted octanol–water partition coefficient (Wildman–Crippen LogP) is 4.49. The van der Waals surface area contributed by atoms with E-state index in [1.807, 2.05) is 0 Å². The number of aromatic nitrogens is 2. The zero-order chi connectivity index (χ0) is 18.2. The van der Waals surface area contributed by atoms with Crippen LogP contribution in [0.2, 0.25) is 0 Å². The summed E-state index contributed by atoms with van der Waals surface area (Å²) in [6.45, 7) is 5.37. The van der Waals surface area contributed by atoms with E-state index in [0.717, 1.165) is 17.3 Å². The fourth-order valence-corrected chi connectivity index (χ4v) is 3.42. The van der Waals surface area contributed by atoms with E-state index in [2.05, 4.69) is 31.4 Å². The highest BCUT2D eigenvalue weighted by atomic mass is 79.9. The van der Waals surface area contributed by atoms with Gasteiger partial charge in [0.05, 0.1) is 5.69 Å². The summed E-state index contributed by atoms with van der Waals surface area (Å²) in [7, 11) is 0. The first-order valence-electron chi connectivity index (χ1n) is 8.19. The van der Waals surface area contributed by atoms with E-state index in [1.165, 1.54) is 6.07 Å². The molecule has 0 spiro atoms. The molecule has 7 heteroatoms. The molecule has 1 aromatic heterocycles. The number of aromatic amines is 1. The molecule has 1 fully saturated rings. The van der Waals surface area contributed by atoms with Gasteiger partial charge >= 0.3 is 6.09 Å². The highest BCUT2D eigenvalue weighted by Gasteiger charge is 2.52. The third-order valence-corrected chi connectivity index (χ3v) is 4.64. The van der Waals surface area contributed by atoms with Crippen LogP contribution in [0.25, 0.3) is 0 Å². The zero-order valence-corrected chi connectivity index (χ0v) is 16.0. The maximum atomic E-state index is 14.8. The van der Waals surface area contributed by atoms with Crippen LogP contribution in [-0.4, -0.2) is 21.9 Å². The van der Waals surface area contributed by atoms with Crippen LogP contribution in [-0.2, 0) is 10.3 Å². The van der Waals surface area contributed by atoms with E-state index in [4.69, 9.17) is 4.74 Å². The van der Waals surface area contributed by atoms with E-state index >= 15 is 0 Å². The predicted molar refractivity (Wildman–Crippen MR) is 95.6 cm³/mol. The van der Waals surface area contributed by atoms with Crippen molar-refractivity contribution >= 4 is 22.0 Å². The third-order valence-electron chi connectivity index (χ3n) is 4.15. The van der Waals surface area contributed by atoms with E-state index in [0.29, 0.717) is 11.3 Å². The molecule has 2 aromatic rings. The summed E-state index contributed by atoms with van der Waals surface area (Å²) in [5.74, 6) is -0.346. The summed E-state index contributed by atoms with van der Waals surface area (Å²) < 4.78 is 21.0. The molecule has 1 amide bonds. The van der Waals surface area contributed by atoms with Crippen molar-refractivity contribution in [1.82, 2.24) is 15.5 Å². The van der Waals surface area contributed by atoms with Crippen molar-refractivity contribution in [3.05, 3.63) is 52.0 Å². The second-order valence-electron chi connectivity index (χ2n) is 7.29. The molecular formula is C18H21BrFN3O2. The number of ether oxygens (including phenoxy) is 1. The van der Waals surface area contributed by atoms with Gasteiger partial charge in [0.2, 0.25) is 0 Å². The van der Waals surface area contributed by atoms with Crippen LogP contribution in [0.15, 0.2) is 34.9 Å². The van der Waals surface area contributed by atoms with E-state index in [-0.39, 0.29) is 5.92 Å². The minimum Gasteiger partial charge on any atom is -0.444 e. The fraction of sp³-hybridized carbons (Fsp3) is 0.444. The number of alkyl carbamates (subject to hydrolysis) is 1. The Balaban J connectivity index is 2.11. The molecule has 1 atom stereocenters. The topological polar surface area (TPSA) is 67.0 Å². The van der Waals surface area contributed by atoms with E-state index < -0.39 is 23.1 Å². The Labute approximate surface area is 154 Å². The second-order valence-corrected chi connectivity index (χ2v) is 8.21. The molecule has 0 aliphatic heterocycles. The van der Waals surface area contributed by atoms with Crippen LogP contribution >= 0.6 is 15.9 Å². The van der Waals surface area contributed by atoms with E-state index in [1.54, 1.807) is 45.2 Å². The van der Waals surface area contributed by atoms with Crippen LogP contribution in [0, 0.1) is 11.7 Å². The quantitative estimate of drug-likeness (QED) is 0.781. The number of amides is 1. The molecule has 1 aliphatic rings. The lowest BCUT2D eigenvalue weighted by Crippen LogP contribution is -2.51. The summed E-state index contributed by atoms with van der Waals surface area (Å²) >= 11 is 3.40. The molecular weight excluding hydrogens is 389 g/mol. The first-order chi connectivity index (χ1) is 11.7. The van der Waals surface area contributed by atoms with Crippen LogP contribution in [0.3, 0.4) is 0 Å².